The van der Waals surface area contributed by atoms with E-state index in [1.807, 2.05) is 25.1 Å². The average molecular weight is 469 g/mol. The number of pyridine rings is 2. The fraction of sp³-hybridized carbons (Fsp3) is 0.192. The minimum atomic E-state index is -0.599. The number of aromatic nitrogens is 3. The molecule has 5 rings (SSSR count). The predicted octanol–water partition coefficient (Wildman–Crippen LogP) is 2.76. The molecule has 35 heavy (non-hydrogen) atoms. The SMILES string of the molecule is CC1CN(C(=O)c2ccccc2)CCN1C(=O)C(=O)c1c[nH]c2c(-c3ccc(N)nc3)nccc12. The molecule has 1 atom stereocenters. The number of hydrogen-bond acceptors (Lipinski definition) is 6. The highest BCUT2D eigenvalue weighted by Gasteiger charge is 2.34. The van der Waals surface area contributed by atoms with Crippen molar-refractivity contribution in [3.05, 3.63) is 78.2 Å². The number of hydrogen-bond donors (Lipinski definition) is 2. The maximum Gasteiger partial charge on any atom is 0.295 e. The van der Waals surface area contributed by atoms with E-state index >= 15 is 0 Å². The summed E-state index contributed by atoms with van der Waals surface area (Å²) in [5.41, 5.74) is 8.57. The standard InChI is InChI=1S/C26H24N6O3/c1-16-15-31(25(34)17-5-3-2-4-6-17)11-12-32(16)26(35)24(33)20-14-30-23-19(20)9-10-28-22(23)18-7-8-21(27)29-13-18/h2-10,13-14,16,30H,11-12,15H2,1H3,(H2,27,29). The Morgan fingerprint density at radius 2 is 1.83 bits per heavy atom. The molecule has 4 aromatic rings. The lowest BCUT2D eigenvalue weighted by molar-refractivity contribution is -0.130. The van der Waals surface area contributed by atoms with Gasteiger partial charge in [0.2, 0.25) is 0 Å². The number of anilines is 1. The molecule has 9 nitrogen and oxygen atoms in total. The Balaban J connectivity index is 1.35. The molecule has 1 saturated heterocycles. The van der Waals surface area contributed by atoms with Gasteiger partial charge in [-0.3, -0.25) is 19.4 Å². The van der Waals surface area contributed by atoms with E-state index in [4.69, 9.17) is 5.73 Å². The Bertz CT molecular complexity index is 1410. The number of ketones is 1. The van der Waals surface area contributed by atoms with Gasteiger partial charge in [0, 0.05) is 60.8 Å². The van der Waals surface area contributed by atoms with Crippen LogP contribution >= 0.6 is 0 Å². The van der Waals surface area contributed by atoms with Crippen LogP contribution in [0.15, 0.2) is 67.1 Å². The van der Waals surface area contributed by atoms with Gasteiger partial charge in [0.05, 0.1) is 16.8 Å². The Hall–Kier alpha value is -4.53. The first-order valence-corrected chi connectivity index (χ1v) is 11.3. The van der Waals surface area contributed by atoms with E-state index in [1.165, 1.54) is 0 Å². The number of fused-ring (bicyclic) bond motifs is 1. The quantitative estimate of drug-likeness (QED) is 0.350. The van der Waals surface area contributed by atoms with Crippen LogP contribution in [-0.4, -0.2) is 68.0 Å². The third kappa shape index (κ3) is 4.12. The second-order valence-electron chi connectivity index (χ2n) is 8.55. The molecule has 0 saturated carbocycles. The van der Waals surface area contributed by atoms with E-state index in [2.05, 4.69) is 15.0 Å². The van der Waals surface area contributed by atoms with Crippen molar-refractivity contribution >= 4 is 34.3 Å². The van der Waals surface area contributed by atoms with Gasteiger partial charge < -0.3 is 20.5 Å². The van der Waals surface area contributed by atoms with E-state index in [0.29, 0.717) is 41.1 Å². The summed E-state index contributed by atoms with van der Waals surface area (Å²) in [5, 5.41) is 0.607. The Morgan fingerprint density at radius 1 is 1.03 bits per heavy atom. The molecule has 0 bridgehead atoms. The van der Waals surface area contributed by atoms with Crippen molar-refractivity contribution in [3.8, 4) is 11.3 Å². The Labute approximate surface area is 201 Å². The third-order valence-electron chi connectivity index (χ3n) is 6.30. The summed E-state index contributed by atoms with van der Waals surface area (Å²) in [6.45, 7) is 2.86. The molecule has 3 N–H and O–H groups in total. The summed E-state index contributed by atoms with van der Waals surface area (Å²) in [6, 6.07) is 13.9. The first-order valence-electron chi connectivity index (χ1n) is 11.3. The zero-order chi connectivity index (χ0) is 24.5. The van der Waals surface area contributed by atoms with Gasteiger partial charge in [0.1, 0.15) is 5.82 Å². The fourth-order valence-electron chi connectivity index (χ4n) is 4.46. The number of carbonyl (C=O) groups is 3. The van der Waals surface area contributed by atoms with Crippen LogP contribution in [0.5, 0.6) is 0 Å². The second-order valence-corrected chi connectivity index (χ2v) is 8.55. The van der Waals surface area contributed by atoms with Crippen LogP contribution in [-0.2, 0) is 4.79 Å². The number of benzene rings is 1. The normalized spacial score (nSPS) is 15.9. The molecule has 0 radical (unpaired) electrons. The van der Waals surface area contributed by atoms with Gasteiger partial charge in [-0.05, 0) is 37.3 Å². The lowest BCUT2D eigenvalue weighted by Crippen LogP contribution is -2.56. The second kappa shape index (κ2) is 9.02. The zero-order valence-corrected chi connectivity index (χ0v) is 19.1. The van der Waals surface area contributed by atoms with E-state index in [1.54, 1.807) is 58.7 Å². The zero-order valence-electron chi connectivity index (χ0n) is 19.1. The summed E-state index contributed by atoms with van der Waals surface area (Å²) in [4.78, 5) is 54.1. The molecule has 4 heterocycles. The van der Waals surface area contributed by atoms with Crippen molar-refractivity contribution in [2.24, 2.45) is 0 Å². The van der Waals surface area contributed by atoms with Gasteiger partial charge in [0.25, 0.3) is 17.6 Å². The predicted molar refractivity (Wildman–Crippen MR) is 132 cm³/mol. The van der Waals surface area contributed by atoms with Crippen LogP contribution < -0.4 is 5.73 Å². The number of rotatable bonds is 4. The molecule has 1 unspecified atom stereocenters. The molecular formula is C26H24N6O3. The Kier molecular flexibility index (Phi) is 5.74. The monoisotopic (exact) mass is 468 g/mol. The van der Waals surface area contributed by atoms with Gasteiger partial charge in [-0.25, -0.2) is 4.98 Å². The first-order chi connectivity index (χ1) is 16.9. The number of aromatic amines is 1. The average Bonchev–Trinajstić information content (AvgIpc) is 3.33. The Morgan fingerprint density at radius 3 is 2.54 bits per heavy atom. The highest BCUT2D eigenvalue weighted by molar-refractivity contribution is 6.45. The van der Waals surface area contributed by atoms with Crippen molar-refractivity contribution in [1.82, 2.24) is 24.8 Å². The van der Waals surface area contributed by atoms with Gasteiger partial charge in [-0.2, -0.15) is 0 Å². The summed E-state index contributed by atoms with van der Waals surface area (Å²) < 4.78 is 0. The molecule has 176 valence electrons. The van der Waals surface area contributed by atoms with Gasteiger partial charge >= 0.3 is 0 Å². The molecule has 3 aromatic heterocycles. The van der Waals surface area contributed by atoms with Crippen molar-refractivity contribution in [2.75, 3.05) is 25.4 Å². The fourth-order valence-corrected chi connectivity index (χ4v) is 4.46. The van der Waals surface area contributed by atoms with Crippen molar-refractivity contribution < 1.29 is 14.4 Å². The number of nitrogen functional groups attached to an aromatic ring is 1. The molecule has 1 fully saturated rings. The number of nitrogens with one attached hydrogen (secondary N) is 1. The van der Waals surface area contributed by atoms with E-state index in [-0.39, 0.29) is 24.1 Å². The summed E-state index contributed by atoms with van der Waals surface area (Å²) in [5.74, 6) is -0.866. The number of amides is 2. The van der Waals surface area contributed by atoms with Gasteiger partial charge in [-0.1, -0.05) is 18.2 Å². The van der Waals surface area contributed by atoms with Crippen LogP contribution in [0, 0.1) is 0 Å². The van der Waals surface area contributed by atoms with Crippen LogP contribution in [0.25, 0.3) is 22.2 Å². The summed E-state index contributed by atoms with van der Waals surface area (Å²) in [7, 11) is 0. The number of H-pyrrole nitrogens is 1. The maximum absolute atomic E-state index is 13.3. The first kappa shape index (κ1) is 22.3. The highest BCUT2D eigenvalue weighted by Crippen LogP contribution is 2.28. The lowest BCUT2D eigenvalue weighted by atomic mass is 10.0. The van der Waals surface area contributed by atoms with Gasteiger partial charge in [-0.15, -0.1) is 0 Å². The topological polar surface area (TPSA) is 125 Å². The van der Waals surface area contributed by atoms with Crippen LogP contribution in [0.3, 0.4) is 0 Å². The molecule has 1 aliphatic heterocycles. The van der Waals surface area contributed by atoms with Gasteiger partial charge in [0.15, 0.2) is 0 Å². The minimum absolute atomic E-state index is 0.0790. The highest BCUT2D eigenvalue weighted by atomic mass is 16.2. The van der Waals surface area contributed by atoms with E-state index in [0.717, 1.165) is 5.56 Å². The minimum Gasteiger partial charge on any atom is -0.384 e. The van der Waals surface area contributed by atoms with Crippen molar-refractivity contribution in [1.29, 1.82) is 0 Å². The third-order valence-corrected chi connectivity index (χ3v) is 6.30. The largest absolute Gasteiger partial charge is 0.384 e. The summed E-state index contributed by atoms with van der Waals surface area (Å²) in [6.07, 6.45) is 4.75. The van der Waals surface area contributed by atoms with E-state index in [9.17, 15) is 14.4 Å². The molecule has 9 heteroatoms. The number of nitrogens with two attached hydrogens (primary N) is 1. The van der Waals surface area contributed by atoms with Crippen LogP contribution in [0.4, 0.5) is 5.82 Å². The van der Waals surface area contributed by atoms with Crippen molar-refractivity contribution in [3.63, 3.8) is 0 Å². The van der Waals surface area contributed by atoms with Crippen LogP contribution in [0.1, 0.15) is 27.6 Å². The molecule has 0 aliphatic carbocycles. The number of nitrogens with zero attached hydrogens (tertiary/aromatic N) is 4. The molecule has 1 aromatic carbocycles. The number of carbonyl (C=O) groups excluding carboxylic acids is 3. The number of piperazine rings is 1. The molecule has 2 amide bonds. The summed E-state index contributed by atoms with van der Waals surface area (Å²) >= 11 is 0. The lowest BCUT2D eigenvalue weighted by Gasteiger charge is -2.39. The molecule has 0 spiro atoms. The van der Waals surface area contributed by atoms with Crippen LogP contribution in [0.2, 0.25) is 0 Å². The molecular weight excluding hydrogens is 444 g/mol. The van der Waals surface area contributed by atoms with E-state index < -0.39 is 11.7 Å². The van der Waals surface area contributed by atoms with Crippen molar-refractivity contribution in [2.45, 2.75) is 13.0 Å². The smallest absolute Gasteiger partial charge is 0.295 e. The number of Topliss-reactive ketones (excluding diaryl/α,β-unsaturated/α-hetero) is 1. The molecule has 1 aliphatic rings. The maximum atomic E-state index is 13.3.